The summed E-state index contributed by atoms with van der Waals surface area (Å²) < 4.78 is 12.6. The Hall–Kier alpha value is -2.81. The molecule has 2 saturated heterocycles. The Morgan fingerprint density at radius 3 is 2.47 bits per heavy atom. The smallest absolute Gasteiger partial charge is 0.264 e. The van der Waals surface area contributed by atoms with E-state index in [1.807, 2.05) is 6.07 Å². The van der Waals surface area contributed by atoms with Gasteiger partial charge in [0, 0.05) is 38.3 Å². The van der Waals surface area contributed by atoms with Crippen LogP contribution in [0.5, 0.6) is 0 Å². The third-order valence-electron chi connectivity index (χ3n) is 8.11. The first-order valence-corrected chi connectivity index (χ1v) is 13.3. The number of pyridine rings is 1. The first-order valence-electron chi connectivity index (χ1n) is 13.3. The van der Waals surface area contributed by atoms with Crippen molar-refractivity contribution in [2.75, 3.05) is 44.8 Å². The van der Waals surface area contributed by atoms with Gasteiger partial charge in [0.2, 0.25) is 0 Å². The maximum atomic E-state index is 12.9. The van der Waals surface area contributed by atoms with Crippen molar-refractivity contribution < 1.29 is 9.47 Å². The van der Waals surface area contributed by atoms with Crippen molar-refractivity contribution in [1.29, 1.82) is 0 Å². The summed E-state index contributed by atoms with van der Waals surface area (Å²) in [5, 5.41) is 3.99. The number of benzene rings is 1. The van der Waals surface area contributed by atoms with Crippen LogP contribution in [0.25, 0.3) is 22.2 Å². The van der Waals surface area contributed by atoms with E-state index in [4.69, 9.17) is 14.5 Å². The van der Waals surface area contributed by atoms with E-state index in [1.165, 1.54) is 35.8 Å². The normalized spacial score (nSPS) is 25.3. The molecule has 0 unspecified atom stereocenters. The standard InChI is InChI=1S/C28H35N5O3/c1-32-18-29-25-16-24(31-27(26(25)28(32)34)30-22-10-13-36-17-22)21-4-2-19(3-5-21)20-6-8-23(9-7-20)33-11-14-35-15-12-33/h2-5,16,18,20,22-23H,6-15,17H2,1H3,(H,30,31)/t20-,22-,23-/m1/s1. The van der Waals surface area contributed by atoms with E-state index in [0.29, 0.717) is 35.3 Å². The van der Waals surface area contributed by atoms with Gasteiger partial charge in [-0.1, -0.05) is 24.3 Å². The molecule has 0 spiro atoms. The second-order valence-corrected chi connectivity index (χ2v) is 10.4. The van der Waals surface area contributed by atoms with Gasteiger partial charge in [-0.25, -0.2) is 9.97 Å². The lowest BCUT2D eigenvalue weighted by Gasteiger charge is -2.38. The highest BCUT2D eigenvalue weighted by Gasteiger charge is 2.27. The fourth-order valence-corrected chi connectivity index (χ4v) is 5.96. The molecule has 4 heterocycles. The molecule has 1 saturated carbocycles. The van der Waals surface area contributed by atoms with Gasteiger partial charge in [0.25, 0.3) is 5.56 Å². The maximum absolute atomic E-state index is 12.9. The number of morpholine rings is 1. The van der Waals surface area contributed by atoms with Crippen molar-refractivity contribution in [3.63, 3.8) is 0 Å². The Kier molecular flexibility index (Phi) is 6.73. The molecule has 0 radical (unpaired) electrons. The molecule has 1 aliphatic carbocycles. The molecular formula is C28H35N5O3. The third kappa shape index (κ3) is 4.77. The van der Waals surface area contributed by atoms with Gasteiger partial charge >= 0.3 is 0 Å². The molecule has 36 heavy (non-hydrogen) atoms. The van der Waals surface area contributed by atoms with Crippen molar-refractivity contribution in [3.05, 3.63) is 52.6 Å². The molecule has 190 valence electrons. The fourth-order valence-electron chi connectivity index (χ4n) is 5.96. The summed E-state index contributed by atoms with van der Waals surface area (Å²) >= 11 is 0. The summed E-state index contributed by atoms with van der Waals surface area (Å²) in [6.45, 7) is 5.25. The predicted molar refractivity (Wildman–Crippen MR) is 140 cm³/mol. The number of ether oxygens (including phenoxy) is 2. The first kappa shape index (κ1) is 23.6. The van der Waals surface area contributed by atoms with Gasteiger partial charge in [-0.3, -0.25) is 9.69 Å². The molecule has 3 aromatic rings. The van der Waals surface area contributed by atoms with E-state index in [2.05, 4.69) is 39.5 Å². The lowest BCUT2D eigenvalue weighted by molar-refractivity contribution is 0.00730. The van der Waals surface area contributed by atoms with E-state index in [-0.39, 0.29) is 11.6 Å². The van der Waals surface area contributed by atoms with Crippen LogP contribution in [-0.4, -0.2) is 71.0 Å². The number of nitrogens with zero attached hydrogens (tertiary/aromatic N) is 4. The SMILES string of the molecule is Cn1cnc2cc(-c3ccc([C@H]4CC[C@H](N5CCOCC5)CC4)cc3)nc(N[C@@H]3CCOC3)c2c1=O. The number of hydrogen-bond acceptors (Lipinski definition) is 7. The summed E-state index contributed by atoms with van der Waals surface area (Å²) in [6, 6.07) is 11.6. The molecule has 8 nitrogen and oxygen atoms in total. The Balaban J connectivity index is 1.22. The number of anilines is 1. The van der Waals surface area contributed by atoms with E-state index >= 15 is 0 Å². The number of fused-ring (bicyclic) bond motifs is 1. The van der Waals surface area contributed by atoms with E-state index < -0.39 is 0 Å². The molecule has 2 aromatic heterocycles. The minimum absolute atomic E-state index is 0.0940. The Morgan fingerprint density at radius 2 is 1.75 bits per heavy atom. The van der Waals surface area contributed by atoms with Crippen LogP contribution in [0, 0.1) is 0 Å². The van der Waals surface area contributed by atoms with Gasteiger partial charge < -0.3 is 19.4 Å². The predicted octanol–water partition coefficient (Wildman–Crippen LogP) is 3.55. The number of aryl methyl sites for hydroxylation is 1. The zero-order chi connectivity index (χ0) is 24.5. The average molecular weight is 490 g/mol. The molecule has 2 aliphatic heterocycles. The Morgan fingerprint density at radius 1 is 0.972 bits per heavy atom. The minimum Gasteiger partial charge on any atom is -0.379 e. The molecule has 3 aliphatic rings. The van der Waals surface area contributed by atoms with Gasteiger partial charge in [0.1, 0.15) is 11.2 Å². The summed E-state index contributed by atoms with van der Waals surface area (Å²) in [4.78, 5) is 25.0. The molecule has 1 N–H and O–H groups in total. The second-order valence-electron chi connectivity index (χ2n) is 10.4. The van der Waals surface area contributed by atoms with Crippen molar-refractivity contribution in [3.8, 4) is 11.3 Å². The zero-order valence-corrected chi connectivity index (χ0v) is 21.0. The molecule has 3 fully saturated rings. The van der Waals surface area contributed by atoms with Crippen LogP contribution in [0.15, 0.2) is 41.5 Å². The first-order chi connectivity index (χ1) is 17.7. The topological polar surface area (TPSA) is 81.5 Å². The van der Waals surface area contributed by atoms with Gasteiger partial charge in [-0.05, 0) is 49.7 Å². The quantitative estimate of drug-likeness (QED) is 0.587. The van der Waals surface area contributed by atoms with Gasteiger partial charge in [0.15, 0.2) is 0 Å². The number of hydrogen-bond donors (Lipinski definition) is 1. The molecule has 1 aromatic carbocycles. The third-order valence-corrected chi connectivity index (χ3v) is 8.11. The summed E-state index contributed by atoms with van der Waals surface area (Å²) in [5.41, 5.74) is 3.84. The molecule has 6 rings (SSSR count). The monoisotopic (exact) mass is 489 g/mol. The van der Waals surface area contributed by atoms with E-state index in [0.717, 1.165) is 50.6 Å². The van der Waals surface area contributed by atoms with Crippen LogP contribution < -0.4 is 10.9 Å². The average Bonchev–Trinajstić information content (AvgIpc) is 3.44. The van der Waals surface area contributed by atoms with Crippen LogP contribution in [0.2, 0.25) is 0 Å². The fraction of sp³-hybridized carbons (Fsp3) is 0.536. The Labute approximate surface area is 211 Å². The lowest BCUT2D eigenvalue weighted by Crippen LogP contribution is -2.44. The van der Waals surface area contributed by atoms with E-state index in [1.54, 1.807) is 13.4 Å². The molecule has 8 heteroatoms. The zero-order valence-electron chi connectivity index (χ0n) is 21.0. The van der Waals surface area contributed by atoms with Gasteiger partial charge in [-0.2, -0.15) is 0 Å². The van der Waals surface area contributed by atoms with Crippen LogP contribution in [0.1, 0.15) is 43.6 Å². The minimum atomic E-state index is -0.0940. The highest BCUT2D eigenvalue weighted by Crippen LogP contribution is 2.36. The van der Waals surface area contributed by atoms with Crippen LogP contribution in [0.4, 0.5) is 5.82 Å². The van der Waals surface area contributed by atoms with Crippen molar-refractivity contribution >= 4 is 16.7 Å². The second kappa shape index (κ2) is 10.3. The number of rotatable bonds is 5. The van der Waals surface area contributed by atoms with E-state index in [9.17, 15) is 4.79 Å². The van der Waals surface area contributed by atoms with Crippen molar-refractivity contribution in [2.24, 2.45) is 7.05 Å². The summed E-state index contributed by atoms with van der Waals surface area (Å²) in [5.74, 6) is 1.21. The van der Waals surface area contributed by atoms with Crippen LogP contribution >= 0.6 is 0 Å². The number of aromatic nitrogens is 3. The number of nitrogens with one attached hydrogen (secondary N) is 1. The largest absolute Gasteiger partial charge is 0.379 e. The molecule has 0 bridgehead atoms. The summed E-state index contributed by atoms with van der Waals surface area (Å²) in [7, 11) is 1.72. The van der Waals surface area contributed by atoms with Gasteiger partial charge in [-0.15, -0.1) is 0 Å². The molecule has 1 atom stereocenters. The van der Waals surface area contributed by atoms with Gasteiger partial charge in [0.05, 0.1) is 43.4 Å². The van der Waals surface area contributed by atoms with Crippen LogP contribution in [-0.2, 0) is 16.5 Å². The Bertz CT molecular complexity index is 1250. The maximum Gasteiger partial charge on any atom is 0.264 e. The van der Waals surface area contributed by atoms with Crippen molar-refractivity contribution in [1.82, 2.24) is 19.4 Å². The lowest BCUT2D eigenvalue weighted by atomic mass is 9.81. The molecule has 0 amide bonds. The molecular weight excluding hydrogens is 454 g/mol. The highest BCUT2D eigenvalue weighted by atomic mass is 16.5. The van der Waals surface area contributed by atoms with Crippen LogP contribution in [0.3, 0.4) is 0 Å². The van der Waals surface area contributed by atoms with Crippen molar-refractivity contribution in [2.45, 2.75) is 50.1 Å². The highest BCUT2D eigenvalue weighted by molar-refractivity contribution is 5.91. The summed E-state index contributed by atoms with van der Waals surface area (Å²) in [6.07, 6.45) is 7.47.